The number of ether oxygens (including phenoxy) is 1. The molecule has 3 rings (SSSR count). The molecule has 0 saturated heterocycles. The smallest absolute Gasteiger partial charge is 0.377 e. The lowest BCUT2D eigenvalue weighted by Crippen LogP contribution is -2.62. The van der Waals surface area contributed by atoms with Gasteiger partial charge in [0.05, 0.1) is 0 Å². The third kappa shape index (κ3) is 1.84. The zero-order chi connectivity index (χ0) is 13.9. The predicted molar refractivity (Wildman–Crippen MR) is 64.3 cm³/mol. The molecule has 0 spiro atoms. The average Bonchev–Trinajstić information content (AvgIpc) is 2.20. The SMILES string of the molecule is CC1C2CC(CC1(C)OC(=O)C(C)(F)F)C2(C)C. The molecule has 4 atom stereocenters. The van der Waals surface area contributed by atoms with Crippen molar-refractivity contribution in [2.75, 3.05) is 0 Å². The summed E-state index contributed by atoms with van der Waals surface area (Å²) in [5.41, 5.74) is -0.486. The molecule has 0 aromatic rings. The molecule has 3 fully saturated rings. The normalized spacial score (nSPS) is 42.1. The molecule has 3 aliphatic rings. The summed E-state index contributed by atoms with van der Waals surface area (Å²) in [7, 11) is 0. The van der Waals surface area contributed by atoms with E-state index in [2.05, 4.69) is 13.8 Å². The molecule has 3 aliphatic carbocycles. The van der Waals surface area contributed by atoms with Gasteiger partial charge in [0.1, 0.15) is 5.60 Å². The van der Waals surface area contributed by atoms with Crippen LogP contribution in [0.5, 0.6) is 0 Å². The number of rotatable bonds is 2. The van der Waals surface area contributed by atoms with Crippen LogP contribution in [0, 0.1) is 23.2 Å². The first kappa shape index (κ1) is 13.8. The van der Waals surface area contributed by atoms with Gasteiger partial charge < -0.3 is 4.74 Å². The van der Waals surface area contributed by atoms with Gasteiger partial charge in [-0.1, -0.05) is 20.8 Å². The molecule has 0 radical (unpaired) electrons. The van der Waals surface area contributed by atoms with Gasteiger partial charge in [-0.2, -0.15) is 8.78 Å². The highest BCUT2D eigenvalue weighted by molar-refractivity contribution is 5.77. The largest absolute Gasteiger partial charge is 0.455 e. The van der Waals surface area contributed by atoms with Gasteiger partial charge in [-0.3, -0.25) is 0 Å². The molecule has 4 unspecified atom stereocenters. The molecule has 104 valence electrons. The van der Waals surface area contributed by atoms with Crippen molar-refractivity contribution >= 4 is 5.97 Å². The Morgan fingerprint density at radius 1 is 1.33 bits per heavy atom. The molecule has 4 heteroatoms. The highest BCUT2D eigenvalue weighted by atomic mass is 19.3. The summed E-state index contributed by atoms with van der Waals surface area (Å²) in [6.45, 7) is 8.85. The van der Waals surface area contributed by atoms with Gasteiger partial charge in [-0.05, 0) is 42.9 Å². The lowest BCUT2D eigenvalue weighted by molar-refractivity contribution is -0.232. The van der Waals surface area contributed by atoms with Crippen LogP contribution in [-0.4, -0.2) is 17.5 Å². The maximum atomic E-state index is 13.0. The minimum Gasteiger partial charge on any atom is -0.455 e. The highest BCUT2D eigenvalue weighted by Gasteiger charge is 2.62. The van der Waals surface area contributed by atoms with E-state index >= 15 is 0 Å². The summed E-state index contributed by atoms with van der Waals surface area (Å²) in [5, 5.41) is 0. The maximum absolute atomic E-state index is 13.0. The van der Waals surface area contributed by atoms with Crippen LogP contribution in [0.2, 0.25) is 0 Å². The molecule has 3 saturated carbocycles. The standard InChI is InChI=1S/C14H22F2O2/c1-8-10-6-9(12(10,2)3)7-13(8,4)18-11(17)14(5,15)16/h8-10H,6-7H2,1-5H3. The maximum Gasteiger partial charge on any atom is 0.377 e. The van der Waals surface area contributed by atoms with E-state index in [0.717, 1.165) is 6.42 Å². The van der Waals surface area contributed by atoms with Crippen LogP contribution in [0.3, 0.4) is 0 Å². The van der Waals surface area contributed by atoms with E-state index in [1.807, 2.05) is 6.92 Å². The monoisotopic (exact) mass is 260 g/mol. The number of hydrogen-bond acceptors (Lipinski definition) is 2. The van der Waals surface area contributed by atoms with E-state index in [0.29, 0.717) is 25.2 Å². The first-order valence-corrected chi connectivity index (χ1v) is 6.60. The summed E-state index contributed by atoms with van der Waals surface area (Å²) in [6.07, 6.45) is 1.82. The van der Waals surface area contributed by atoms with E-state index in [1.165, 1.54) is 0 Å². The Morgan fingerprint density at radius 3 is 2.28 bits per heavy atom. The van der Waals surface area contributed by atoms with E-state index in [9.17, 15) is 13.6 Å². The quantitative estimate of drug-likeness (QED) is 0.708. The molecular weight excluding hydrogens is 238 g/mol. The number of esters is 1. The van der Waals surface area contributed by atoms with E-state index < -0.39 is 17.5 Å². The molecule has 0 N–H and O–H groups in total. The fraction of sp³-hybridized carbons (Fsp3) is 0.929. The fourth-order valence-electron chi connectivity index (χ4n) is 3.79. The summed E-state index contributed by atoms with van der Waals surface area (Å²) >= 11 is 0. The van der Waals surface area contributed by atoms with Crippen LogP contribution in [0.4, 0.5) is 8.78 Å². The molecule has 18 heavy (non-hydrogen) atoms. The van der Waals surface area contributed by atoms with Gasteiger partial charge in [0.25, 0.3) is 0 Å². The van der Waals surface area contributed by atoms with Gasteiger partial charge in [0.15, 0.2) is 0 Å². The molecule has 2 nitrogen and oxygen atoms in total. The number of alkyl halides is 2. The second-order valence-corrected chi connectivity index (χ2v) is 6.94. The van der Waals surface area contributed by atoms with Crippen molar-refractivity contribution in [2.45, 2.75) is 59.0 Å². The lowest BCUT2D eigenvalue weighted by atomic mass is 9.42. The van der Waals surface area contributed by atoms with Crippen LogP contribution >= 0.6 is 0 Å². The summed E-state index contributed by atoms with van der Waals surface area (Å²) < 4.78 is 31.1. The van der Waals surface area contributed by atoms with Crippen molar-refractivity contribution in [1.82, 2.24) is 0 Å². The molecule has 0 aromatic heterocycles. The van der Waals surface area contributed by atoms with Gasteiger partial charge in [0, 0.05) is 6.92 Å². The Hall–Kier alpha value is -0.670. The summed E-state index contributed by atoms with van der Waals surface area (Å²) in [6, 6.07) is 0. The number of halogens is 2. The molecule has 0 aromatic carbocycles. The zero-order valence-corrected chi connectivity index (χ0v) is 11.7. The molecule has 0 heterocycles. The van der Waals surface area contributed by atoms with Crippen molar-refractivity contribution in [3.05, 3.63) is 0 Å². The number of carbonyl (C=O) groups excluding carboxylic acids is 1. The summed E-state index contributed by atoms with van der Waals surface area (Å²) in [4.78, 5) is 11.4. The Balaban J connectivity index is 2.13. The Kier molecular flexibility index (Phi) is 2.81. The van der Waals surface area contributed by atoms with Crippen molar-refractivity contribution in [2.24, 2.45) is 23.2 Å². The summed E-state index contributed by atoms with van der Waals surface area (Å²) in [5.74, 6) is -3.74. The van der Waals surface area contributed by atoms with Gasteiger partial charge in [-0.25, -0.2) is 4.79 Å². The minimum atomic E-state index is -3.40. The average molecular weight is 260 g/mol. The van der Waals surface area contributed by atoms with Crippen LogP contribution in [0.1, 0.15) is 47.5 Å². The van der Waals surface area contributed by atoms with E-state index in [4.69, 9.17) is 4.74 Å². The highest BCUT2D eigenvalue weighted by Crippen LogP contribution is 2.64. The first-order valence-electron chi connectivity index (χ1n) is 6.60. The van der Waals surface area contributed by atoms with E-state index in [1.54, 1.807) is 6.92 Å². The second kappa shape index (κ2) is 3.67. The third-order valence-electron chi connectivity index (χ3n) is 5.45. The van der Waals surface area contributed by atoms with Gasteiger partial charge in [0.2, 0.25) is 0 Å². The van der Waals surface area contributed by atoms with Gasteiger partial charge in [-0.15, -0.1) is 0 Å². The van der Waals surface area contributed by atoms with Crippen LogP contribution in [0.25, 0.3) is 0 Å². The van der Waals surface area contributed by atoms with Crippen LogP contribution in [-0.2, 0) is 9.53 Å². The Labute approximate surface area is 107 Å². The van der Waals surface area contributed by atoms with Crippen LogP contribution in [0.15, 0.2) is 0 Å². The van der Waals surface area contributed by atoms with Crippen molar-refractivity contribution in [3.8, 4) is 0 Å². The molecule has 0 amide bonds. The number of hydrogen-bond donors (Lipinski definition) is 0. The zero-order valence-electron chi connectivity index (χ0n) is 11.7. The first-order chi connectivity index (χ1) is 7.98. The predicted octanol–water partition coefficient (Wildman–Crippen LogP) is 3.65. The van der Waals surface area contributed by atoms with E-state index in [-0.39, 0.29) is 11.3 Å². The number of carbonyl (C=O) groups is 1. The fourth-order valence-corrected chi connectivity index (χ4v) is 3.79. The topological polar surface area (TPSA) is 26.3 Å². The molecular formula is C14H22F2O2. The molecule has 2 bridgehead atoms. The second-order valence-electron chi connectivity index (χ2n) is 6.94. The molecule has 0 aliphatic heterocycles. The van der Waals surface area contributed by atoms with Crippen molar-refractivity contribution in [3.63, 3.8) is 0 Å². The minimum absolute atomic E-state index is 0.129. The van der Waals surface area contributed by atoms with Crippen molar-refractivity contribution < 1.29 is 18.3 Å². The Bertz CT molecular complexity index is 372. The third-order valence-corrected chi connectivity index (χ3v) is 5.45. The number of fused-ring (bicyclic) bond motifs is 2. The lowest BCUT2D eigenvalue weighted by Gasteiger charge is -2.64. The van der Waals surface area contributed by atoms with Crippen molar-refractivity contribution in [1.29, 1.82) is 0 Å². The Morgan fingerprint density at radius 2 is 1.89 bits per heavy atom. The van der Waals surface area contributed by atoms with Crippen LogP contribution < -0.4 is 0 Å². The van der Waals surface area contributed by atoms with Gasteiger partial charge >= 0.3 is 11.9 Å².